The first-order valence-corrected chi connectivity index (χ1v) is 4.64. The highest BCUT2D eigenvalue weighted by molar-refractivity contribution is 5.75. The van der Waals surface area contributed by atoms with Crippen molar-refractivity contribution >= 4 is 5.78 Å². The third-order valence-corrected chi connectivity index (χ3v) is 1.76. The van der Waals surface area contributed by atoms with Gasteiger partial charge in [0.2, 0.25) is 0 Å². The van der Waals surface area contributed by atoms with E-state index in [2.05, 4.69) is 6.58 Å². The summed E-state index contributed by atoms with van der Waals surface area (Å²) >= 11 is 0. The molecule has 0 N–H and O–H groups in total. The topological polar surface area (TPSA) is 17.1 Å². The number of carbonyl (C=O) groups is 1. The first-order valence-electron chi connectivity index (χ1n) is 4.64. The predicted molar refractivity (Wildman–Crippen MR) is 57.6 cm³/mol. The van der Waals surface area contributed by atoms with Gasteiger partial charge < -0.3 is 4.79 Å². The van der Waals surface area contributed by atoms with Crippen molar-refractivity contribution in [3.63, 3.8) is 0 Å². The van der Waals surface area contributed by atoms with Gasteiger partial charge in [-0.3, -0.25) is 0 Å². The molecule has 0 saturated carbocycles. The molecule has 0 rings (SSSR count). The van der Waals surface area contributed by atoms with E-state index in [4.69, 9.17) is 0 Å². The molecule has 13 heavy (non-hydrogen) atoms. The van der Waals surface area contributed by atoms with E-state index < -0.39 is 0 Å². The van der Waals surface area contributed by atoms with Crippen molar-refractivity contribution in [2.75, 3.05) is 0 Å². The summed E-state index contributed by atoms with van der Waals surface area (Å²) in [4.78, 5) is 10.7. The van der Waals surface area contributed by atoms with Crippen LogP contribution in [0.4, 0.5) is 0 Å². The van der Waals surface area contributed by atoms with E-state index in [0.29, 0.717) is 6.42 Å². The number of rotatable bonds is 6. The Hall–Kier alpha value is -1.11. The quantitative estimate of drug-likeness (QED) is 0.569. The van der Waals surface area contributed by atoms with Gasteiger partial charge in [-0.15, -0.1) is 0 Å². The van der Waals surface area contributed by atoms with Crippen LogP contribution in [0, 0.1) is 0 Å². The molecular formula is C12H18O. The Bertz CT molecular complexity index is 221. The van der Waals surface area contributed by atoms with Crippen LogP contribution in [0.25, 0.3) is 0 Å². The minimum atomic E-state index is 0.259. The molecule has 0 aromatic heterocycles. The van der Waals surface area contributed by atoms with Crippen molar-refractivity contribution in [3.8, 4) is 0 Å². The summed E-state index contributed by atoms with van der Waals surface area (Å²) in [6.07, 6.45) is 10.4. The molecule has 0 aromatic rings. The lowest BCUT2D eigenvalue weighted by atomic mass is 10.1. The molecule has 0 aliphatic heterocycles. The Morgan fingerprint density at radius 1 is 1.38 bits per heavy atom. The van der Waals surface area contributed by atoms with Gasteiger partial charge in [0.25, 0.3) is 0 Å². The van der Waals surface area contributed by atoms with E-state index in [9.17, 15) is 4.79 Å². The van der Waals surface area contributed by atoms with Gasteiger partial charge in [0.1, 0.15) is 5.78 Å². The zero-order valence-corrected chi connectivity index (χ0v) is 8.55. The fourth-order valence-corrected chi connectivity index (χ4v) is 1.01. The molecule has 72 valence electrons. The third kappa shape index (κ3) is 7.26. The summed E-state index contributed by atoms with van der Waals surface area (Å²) in [5, 5.41) is 0. The molecule has 0 fully saturated rings. The van der Waals surface area contributed by atoms with E-state index in [0.717, 1.165) is 12.8 Å². The fraction of sp³-hybridized carbons (Fsp3) is 0.417. The molecule has 0 bridgehead atoms. The zero-order chi connectivity index (χ0) is 10.1. The van der Waals surface area contributed by atoms with E-state index in [1.165, 1.54) is 5.57 Å². The molecule has 1 heteroatoms. The Morgan fingerprint density at radius 3 is 2.54 bits per heavy atom. The molecule has 1 nitrogen and oxygen atoms in total. The number of hydrogen-bond acceptors (Lipinski definition) is 1. The molecule has 0 aromatic carbocycles. The van der Waals surface area contributed by atoms with Gasteiger partial charge in [-0.25, -0.2) is 0 Å². The molecule has 0 atom stereocenters. The molecule has 0 spiro atoms. The maximum Gasteiger partial charge on any atom is 0.129 e. The van der Waals surface area contributed by atoms with Crippen LogP contribution in [0.1, 0.15) is 33.1 Å². The van der Waals surface area contributed by atoms with E-state index >= 15 is 0 Å². The second kappa shape index (κ2) is 7.53. The van der Waals surface area contributed by atoms with Crippen LogP contribution in [0.2, 0.25) is 0 Å². The van der Waals surface area contributed by atoms with Crippen molar-refractivity contribution in [1.82, 2.24) is 0 Å². The molecule has 0 heterocycles. The van der Waals surface area contributed by atoms with Crippen LogP contribution in [-0.4, -0.2) is 5.78 Å². The highest BCUT2D eigenvalue weighted by Gasteiger charge is 1.94. The van der Waals surface area contributed by atoms with Crippen LogP contribution in [0.5, 0.6) is 0 Å². The van der Waals surface area contributed by atoms with Crippen molar-refractivity contribution in [2.45, 2.75) is 33.1 Å². The molecule has 0 aliphatic rings. The Morgan fingerprint density at radius 2 is 2.08 bits per heavy atom. The summed E-state index contributed by atoms with van der Waals surface area (Å²) in [5.41, 5.74) is 1.19. The molecule has 0 unspecified atom stereocenters. The van der Waals surface area contributed by atoms with Crippen LogP contribution >= 0.6 is 0 Å². The van der Waals surface area contributed by atoms with Gasteiger partial charge in [-0.05, 0) is 32.3 Å². The maximum absolute atomic E-state index is 10.7. The lowest BCUT2D eigenvalue weighted by Crippen LogP contribution is -1.89. The van der Waals surface area contributed by atoms with Gasteiger partial charge in [0, 0.05) is 6.42 Å². The fourth-order valence-electron chi connectivity index (χ4n) is 1.01. The van der Waals surface area contributed by atoms with Crippen LogP contribution in [0.3, 0.4) is 0 Å². The Balaban J connectivity index is 3.85. The molecule has 0 radical (unpaired) electrons. The van der Waals surface area contributed by atoms with Gasteiger partial charge in [0.15, 0.2) is 0 Å². The van der Waals surface area contributed by atoms with E-state index in [1.807, 2.05) is 31.2 Å². The maximum atomic E-state index is 10.7. The number of hydrogen-bond donors (Lipinski definition) is 0. The Kier molecular flexibility index (Phi) is 6.89. The first-order chi connectivity index (χ1) is 6.20. The van der Waals surface area contributed by atoms with Gasteiger partial charge in [0.05, 0.1) is 0 Å². The monoisotopic (exact) mass is 178 g/mol. The molecule has 0 aliphatic carbocycles. The van der Waals surface area contributed by atoms with Gasteiger partial charge >= 0.3 is 0 Å². The molecule has 0 amide bonds. The standard InChI is InChI=1S/C12H18O/c1-4-6-9-12(5-2)10-7-8-11(3)13/h4-6,9H,2,7-8,10H2,1,3H3/b6-4-,12-9+. The van der Waals surface area contributed by atoms with E-state index in [1.54, 1.807) is 6.92 Å². The second-order valence-corrected chi connectivity index (χ2v) is 3.03. The van der Waals surface area contributed by atoms with Gasteiger partial charge in [-0.2, -0.15) is 0 Å². The normalized spacial score (nSPS) is 12.0. The summed E-state index contributed by atoms with van der Waals surface area (Å²) in [6, 6.07) is 0. The summed E-state index contributed by atoms with van der Waals surface area (Å²) in [5.74, 6) is 0.259. The zero-order valence-electron chi connectivity index (χ0n) is 8.55. The number of Topliss-reactive ketones (excluding diaryl/α,β-unsaturated/α-hetero) is 1. The van der Waals surface area contributed by atoms with Crippen molar-refractivity contribution < 1.29 is 4.79 Å². The molecule has 0 saturated heterocycles. The largest absolute Gasteiger partial charge is 0.300 e. The van der Waals surface area contributed by atoms with Crippen molar-refractivity contribution in [3.05, 3.63) is 36.5 Å². The van der Waals surface area contributed by atoms with Crippen LogP contribution in [-0.2, 0) is 4.79 Å². The number of ketones is 1. The lowest BCUT2D eigenvalue weighted by molar-refractivity contribution is -0.117. The number of allylic oxidation sites excluding steroid dienone is 5. The van der Waals surface area contributed by atoms with Gasteiger partial charge in [-0.1, -0.05) is 30.9 Å². The Labute approximate surface area is 80.8 Å². The van der Waals surface area contributed by atoms with Crippen molar-refractivity contribution in [1.29, 1.82) is 0 Å². The minimum Gasteiger partial charge on any atom is -0.300 e. The van der Waals surface area contributed by atoms with Crippen molar-refractivity contribution in [2.24, 2.45) is 0 Å². The summed E-state index contributed by atoms with van der Waals surface area (Å²) < 4.78 is 0. The summed E-state index contributed by atoms with van der Waals surface area (Å²) in [7, 11) is 0. The highest BCUT2D eigenvalue weighted by atomic mass is 16.1. The van der Waals surface area contributed by atoms with Crippen LogP contribution < -0.4 is 0 Å². The SMILES string of the molecule is C=C/C(=C\C=C/C)CCCC(C)=O. The third-order valence-electron chi connectivity index (χ3n) is 1.76. The minimum absolute atomic E-state index is 0.259. The smallest absolute Gasteiger partial charge is 0.129 e. The second-order valence-electron chi connectivity index (χ2n) is 3.03. The lowest BCUT2D eigenvalue weighted by Gasteiger charge is -1.98. The predicted octanol–water partition coefficient (Wildman–Crippen LogP) is 3.43. The highest BCUT2D eigenvalue weighted by Crippen LogP contribution is 2.08. The first kappa shape index (κ1) is 11.9. The average Bonchev–Trinajstić information content (AvgIpc) is 2.10. The number of carbonyl (C=O) groups excluding carboxylic acids is 1. The molecular weight excluding hydrogens is 160 g/mol. The van der Waals surface area contributed by atoms with E-state index in [-0.39, 0.29) is 5.78 Å². The van der Waals surface area contributed by atoms with Crippen LogP contribution in [0.15, 0.2) is 36.5 Å². The summed E-state index contributed by atoms with van der Waals surface area (Å²) in [6.45, 7) is 7.33. The average molecular weight is 178 g/mol.